The van der Waals surface area contributed by atoms with Gasteiger partial charge in [0, 0.05) is 29.5 Å². The number of aryl methyl sites for hydroxylation is 2. The summed E-state index contributed by atoms with van der Waals surface area (Å²) in [5.74, 6) is 0.400. The number of halogens is 1. The summed E-state index contributed by atoms with van der Waals surface area (Å²) in [7, 11) is 0. The van der Waals surface area contributed by atoms with Crippen molar-refractivity contribution in [2.45, 2.75) is 39.5 Å². The Morgan fingerprint density at radius 1 is 1.10 bits per heavy atom. The fraction of sp³-hybridized carbons (Fsp3) is 0.381. The number of aromatic nitrogens is 4. The van der Waals surface area contributed by atoms with Gasteiger partial charge in [0.25, 0.3) is 11.7 Å². The van der Waals surface area contributed by atoms with Crippen LogP contribution in [0.5, 0.6) is 0 Å². The van der Waals surface area contributed by atoms with Crippen LogP contribution in [0.4, 0.5) is 5.69 Å². The second-order valence-corrected chi connectivity index (χ2v) is 7.98. The largest absolute Gasteiger partial charge is 0.339 e. The lowest BCUT2D eigenvalue weighted by Gasteiger charge is -2.27. The van der Waals surface area contributed by atoms with Crippen LogP contribution in [-0.4, -0.2) is 49.4 Å². The molecule has 8 nitrogen and oxygen atoms in total. The number of piperidine rings is 1. The van der Waals surface area contributed by atoms with Gasteiger partial charge in [-0.05, 0) is 57.4 Å². The molecule has 3 heterocycles. The van der Waals surface area contributed by atoms with E-state index in [0.29, 0.717) is 27.9 Å². The molecule has 2 aromatic heterocycles. The zero-order chi connectivity index (χ0) is 21.3. The molecule has 0 spiro atoms. The SMILES string of the molecule is Cc1cc(C)n2nc(CC(=O)Nc3cc(Cl)ccc3C(=O)N3CCCCC3)nc2n1. The molecular formula is C21H23ClN6O2. The molecule has 1 fully saturated rings. The molecule has 0 unspecified atom stereocenters. The van der Waals surface area contributed by atoms with Crippen molar-refractivity contribution < 1.29 is 9.59 Å². The Morgan fingerprint density at radius 3 is 2.63 bits per heavy atom. The molecule has 1 saturated heterocycles. The highest BCUT2D eigenvalue weighted by atomic mass is 35.5. The first-order valence-electron chi connectivity index (χ1n) is 9.99. The van der Waals surface area contributed by atoms with Crippen molar-refractivity contribution in [2.75, 3.05) is 18.4 Å². The summed E-state index contributed by atoms with van der Waals surface area (Å²) >= 11 is 6.12. The van der Waals surface area contributed by atoms with E-state index in [0.717, 1.165) is 43.7 Å². The summed E-state index contributed by atoms with van der Waals surface area (Å²) in [5.41, 5.74) is 2.56. The highest BCUT2D eigenvalue weighted by Crippen LogP contribution is 2.24. The second-order valence-electron chi connectivity index (χ2n) is 7.55. The Morgan fingerprint density at radius 2 is 1.87 bits per heavy atom. The standard InChI is InChI=1S/C21H23ClN6O2/c1-13-10-14(2)28-21(23-13)25-18(26-28)12-19(29)24-17-11-15(22)6-7-16(17)20(30)27-8-4-3-5-9-27/h6-7,10-11H,3-5,8-9,12H2,1-2H3,(H,24,29). The van der Waals surface area contributed by atoms with Crippen LogP contribution in [0.3, 0.4) is 0 Å². The number of benzene rings is 1. The van der Waals surface area contributed by atoms with E-state index in [1.807, 2.05) is 24.8 Å². The number of nitrogens with one attached hydrogen (secondary N) is 1. The summed E-state index contributed by atoms with van der Waals surface area (Å²) in [5, 5.41) is 7.62. The van der Waals surface area contributed by atoms with E-state index in [4.69, 9.17) is 11.6 Å². The minimum atomic E-state index is -0.324. The lowest BCUT2D eigenvalue weighted by molar-refractivity contribution is -0.115. The molecule has 30 heavy (non-hydrogen) atoms. The van der Waals surface area contributed by atoms with E-state index in [9.17, 15) is 9.59 Å². The average Bonchev–Trinajstić information content (AvgIpc) is 3.10. The van der Waals surface area contributed by atoms with Crippen LogP contribution in [0.1, 0.15) is 46.8 Å². The van der Waals surface area contributed by atoms with Crippen LogP contribution in [0, 0.1) is 13.8 Å². The van der Waals surface area contributed by atoms with Gasteiger partial charge in [-0.25, -0.2) is 9.50 Å². The summed E-state index contributed by atoms with van der Waals surface area (Å²) in [4.78, 5) is 36.1. The van der Waals surface area contributed by atoms with Gasteiger partial charge in [-0.2, -0.15) is 4.98 Å². The molecule has 0 saturated carbocycles. The number of likely N-dealkylation sites (tertiary alicyclic amines) is 1. The topological polar surface area (TPSA) is 92.5 Å². The van der Waals surface area contributed by atoms with Gasteiger partial charge in [0.15, 0.2) is 5.82 Å². The number of fused-ring (bicyclic) bond motifs is 1. The maximum absolute atomic E-state index is 13.0. The predicted molar refractivity (Wildman–Crippen MR) is 114 cm³/mol. The van der Waals surface area contributed by atoms with Crippen LogP contribution >= 0.6 is 11.6 Å². The number of rotatable bonds is 4. The number of hydrogen-bond acceptors (Lipinski definition) is 5. The molecule has 0 bridgehead atoms. The average molecular weight is 427 g/mol. The van der Waals surface area contributed by atoms with Gasteiger partial charge in [0.1, 0.15) is 0 Å². The van der Waals surface area contributed by atoms with E-state index in [-0.39, 0.29) is 18.2 Å². The van der Waals surface area contributed by atoms with E-state index >= 15 is 0 Å². The summed E-state index contributed by atoms with van der Waals surface area (Å²) in [6.45, 7) is 5.25. The molecule has 1 N–H and O–H groups in total. The first kappa shape index (κ1) is 20.3. The Labute approximate surface area is 179 Å². The van der Waals surface area contributed by atoms with Crippen LogP contribution in [-0.2, 0) is 11.2 Å². The van der Waals surface area contributed by atoms with Gasteiger partial charge in [0.2, 0.25) is 5.91 Å². The van der Waals surface area contributed by atoms with Crippen molar-refractivity contribution in [1.29, 1.82) is 0 Å². The summed E-state index contributed by atoms with van der Waals surface area (Å²) in [6.07, 6.45) is 3.08. The third-order valence-electron chi connectivity index (χ3n) is 5.11. The van der Waals surface area contributed by atoms with Gasteiger partial charge in [0.05, 0.1) is 17.7 Å². The minimum Gasteiger partial charge on any atom is -0.339 e. The van der Waals surface area contributed by atoms with E-state index in [2.05, 4.69) is 20.4 Å². The summed E-state index contributed by atoms with van der Waals surface area (Å²) < 4.78 is 1.61. The fourth-order valence-electron chi connectivity index (χ4n) is 3.69. The van der Waals surface area contributed by atoms with Gasteiger partial charge in [-0.1, -0.05) is 11.6 Å². The third kappa shape index (κ3) is 4.28. The zero-order valence-electron chi connectivity index (χ0n) is 17.0. The summed E-state index contributed by atoms with van der Waals surface area (Å²) in [6, 6.07) is 6.82. The zero-order valence-corrected chi connectivity index (χ0v) is 17.7. The maximum Gasteiger partial charge on any atom is 0.255 e. The van der Waals surface area contributed by atoms with E-state index < -0.39 is 0 Å². The lowest BCUT2D eigenvalue weighted by Crippen LogP contribution is -2.36. The predicted octanol–water partition coefficient (Wildman–Crippen LogP) is 3.20. The number of carbonyl (C=O) groups is 2. The van der Waals surface area contributed by atoms with Gasteiger partial charge >= 0.3 is 0 Å². The number of hydrogen-bond donors (Lipinski definition) is 1. The molecule has 4 rings (SSSR count). The first-order valence-corrected chi connectivity index (χ1v) is 10.4. The van der Waals surface area contributed by atoms with Crippen molar-refractivity contribution in [3.8, 4) is 0 Å². The molecule has 1 aliphatic heterocycles. The number of amides is 2. The highest BCUT2D eigenvalue weighted by Gasteiger charge is 2.22. The van der Waals surface area contributed by atoms with E-state index in [1.165, 1.54) is 0 Å². The Balaban J connectivity index is 1.53. The second kappa shape index (κ2) is 8.39. The molecule has 0 atom stereocenters. The quantitative estimate of drug-likeness (QED) is 0.691. The van der Waals surface area contributed by atoms with Gasteiger partial charge < -0.3 is 10.2 Å². The molecule has 9 heteroatoms. The Bertz CT molecular complexity index is 1120. The smallest absolute Gasteiger partial charge is 0.255 e. The Kier molecular flexibility index (Phi) is 5.67. The minimum absolute atomic E-state index is 0.0360. The maximum atomic E-state index is 13.0. The van der Waals surface area contributed by atoms with Crippen LogP contribution in [0.15, 0.2) is 24.3 Å². The van der Waals surface area contributed by atoms with Gasteiger partial charge in [-0.15, -0.1) is 5.10 Å². The van der Waals surface area contributed by atoms with Gasteiger partial charge in [-0.3, -0.25) is 9.59 Å². The monoisotopic (exact) mass is 426 g/mol. The molecule has 1 aromatic carbocycles. The van der Waals surface area contributed by atoms with Crippen LogP contribution < -0.4 is 5.32 Å². The van der Waals surface area contributed by atoms with Crippen molar-refractivity contribution in [1.82, 2.24) is 24.5 Å². The molecule has 0 aliphatic carbocycles. The number of carbonyl (C=O) groups excluding carboxylic acids is 2. The highest BCUT2D eigenvalue weighted by molar-refractivity contribution is 6.31. The van der Waals surface area contributed by atoms with Crippen LogP contribution in [0.25, 0.3) is 5.78 Å². The first-order chi connectivity index (χ1) is 14.4. The molecule has 2 amide bonds. The van der Waals surface area contributed by atoms with Crippen molar-refractivity contribution >= 4 is 34.9 Å². The Hall–Kier alpha value is -3.00. The molecule has 0 radical (unpaired) electrons. The fourth-order valence-corrected chi connectivity index (χ4v) is 3.87. The van der Waals surface area contributed by atoms with E-state index in [1.54, 1.807) is 22.7 Å². The number of anilines is 1. The van der Waals surface area contributed by atoms with Crippen molar-refractivity contribution in [3.63, 3.8) is 0 Å². The molecular weight excluding hydrogens is 404 g/mol. The number of nitrogens with zero attached hydrogens (tertiary/aromatic N) is 5. The lowest BCUT2D eigenvalue weighted by atomic mass is 10.1. The molecule has 3 aromatic rings. The van der Waals surface area contributed by atoms with Crippen molar-refractivity contribution in [3.05, 3.63) is 52.1 Å². The molecule has 1 aliphatic rings. The van der Waals surface area contributed by atoms with Crippen molar-refractivity contribution in [2.24, 2.45) is 0 Å². The normalized spacial score (nSPS) is 14.2. The third-order valence-corrected chi connectivity index (χ3v) is 5.35. The van der Waals surface area contributed by atoms with Crippen LogP contribution in [0.2, 0.25) is 5.02 Å². The molecule has 156 valence electrons.